The van der Waals surface area contributed by atoms with Gasteiger partial charge in [0.15, 0.2) is 5.16 Å². The lowest BCUT2D eigenvalue weighted by Crippen LogP contribution is -2.03. The maximum absolute atomic E-state index is 6.27. The van der Waals surface area contributed by atoms with Gasteiger partial charge in [0.2, 0.25) is 0 Å². The fourth-order valence-electron chi connectivity index (χ4n) is 3.29. The largest absolute Gasteiger partial charge is 0.302 e. The third kappa shape index (κ3) is 3.57. The van der Waals surface area contributed by atoms with Crippen LogP contribution in [0.5, 0.6) is 0 Å². The molecule has 4 rings (SSSR count). The Balaban J connectivity index is 1.52. The molecule has 0 radical (unpaired) electrons. The summed E-state index contributed by atoms with van der Waals surface area (Å²) in [6.45, 7) is 4.63. The molecule has 132 valence electrons. The molecule has 1 aromatic heterocycles. The molecule has 2 aromatic carbocycles. The van der Waals surface area contributed by atoms with Crippen molar-refractivity contribution in [2.45, 2.75) is 35.7 Å². The second kappa shape index (κ2) is 7.68. The lowest BCUT2D eigenvalue weighted by Gasteiger charge is -2.08. The van der Waals surface area contributed by atoms with Crippen molar-refractivity contribution in [1.82, 2.24) is 14.8 Å². The summed E-state index contributed by atoms with van der Waals surface area (Å²) in [7, 11) is 0. The van der Waals surface area contributed by atoms with Crippen LogP contribution in [-0.4, -0.2) is 14.8 Å². The van der Waals surface area contributed by atoms with Gasteiger partial charge in [0.25, 0.3) is 0 Å². The molecule has 3 aromatic rings. The average Bonchev–Trinajstić information content (AvgIpc) is 3.37. The van der Waals surface area contributed by atoms with Gasteiger partial charge < -0.3 is 4.57 Å². The average molecular weight is 382 g/mol. The van der Waals surface area contributed by atoms with E-state index in [0.717, 1.165) is 40.3 Å². The predicted octanol–water partition coefficient (Wildman–Crippen LogP) is 5.68. The van der Waals surface area contributed by atoms with E-state index in [4.69, 9.17) is 11.6 Å². The van der Waals surface area contributed by atoms with Crippen LogP contribution in [0.25, 0.3) is 0 Å². The molecule has 0 saturated heterocycles. The molecular weight excluding hydrogens is 362 g/mol. The van der Waals surface area contributed by atoms with Crippen LogP contribution < -0.4 is 0 Å². The van der Waals surface area contributed by atoms with Crippen LogP contribution in [0.3, 0.4) is 0 Å². The van der Waals surface area contributed by atoms with Gasteiger partial charge in [0.05, 0.1) is 0 Å². The number of hydrogen-bond acceptors (Lipinski definition) is 3. The molecule has 5 heteroatoms. The van der Waals surface area contributed by atoms with Crippen LogP contribution in [0.1, 0.15) is 35.2 Å². The van der Waals surface area contributed by atoms with Crippen molar-refractivity contribution in [3.63, 3.8) is 0 Å². The van der Waals surface area contributed by atoms with Gasteiger partial charge in [0.1, 0.15) is 5.82 Å². The summed E-state index contributed by atoms with van der Waals surface area (Å²) in [4.78, 5) is 0. The first-order valence-corrected chi connectivity index (χ1v) is 10.1. The molecule has 1 heterocycles. The molecule has 1 aliphatic carbocycles. The van der Waals surface area contributed by atoms with E-state index in [2.05, 4.69) is 57.7 Å². The van der Waals surface area contributed by atoms with Crippen molar-refractivity contribution in [2.75, 3.05) is 0 Å². The zero-order valence-electron chi connectivity index (χ0n) is 14.4. The highest BCUT2D eigenvalue weighted by molar-refractivity contribution is 7.98. The fraction of sp³-hybridized carbons (Fsp3) is 0.238. The third-order valence-corrected chi connectivity index (χ3v) is 6.11. The zero-order valence-corrected chi connectivity index (χ0v) is 16.0. The Kier molecular flexibility index (Phi) is 5.14. The number of nitrogens with zero attached hydrogens (tertiary/aromatic N) is 3. The molecule has 0 amide bonds. The maximum Gasteiger partial charge on any atom is 0.191 e. The quantitative estimate of drug-likeness (QED) is 0.389. The maximum atomic E-state index is 6.27. The van der Waals surface area contributed by atoms with Crippen molar-refractivity contribution >= 4 is 23.4 Å². The number of allylic oxidation sites excluding steroid dienone is 1. The predicted molar refractivity (Wildman–Crippen MR) is 108 cm³/mol. The van der Waals surface area contributed by atoms with E-state index in [1.54, 1.807) is 11.8 Å². The highest BCUT2D eigenvalue weighted by Crippen LogP contribution is 2.54. The van der Waals surface area contributed by atoms with Crippen LogP contribution >= 0.6 is 23.4 Å². The highest BCUT2D eigenvalue weighted by Gasteiger charge is 2.43. The van der Waals surface area contributed by atoms with Crippen molar-refractivity contribution < 1.29 is 0 Å². The number of benzene rings is 2. The van der Waals surface area contributed by atoms with Crippen LogP contribution in [0.4, 0.5) is 0 Å². The Labute approximate surface area is 163 Å². The van der Waals surface area contributed by atoms with E-state index in [1.807, 2.05) is 24.3 Å². The van der Waals surface area contributed by atoms with E-state index in [9.17, 15) is 0 Å². The van der Waals surface area contributed by atoms with E-state index < -0.39 is 0 Å². The Morgan fingerprint density at radius 3 is 2.62 bits per heavy atom. The normalized spacial score (nSPS) is 18.7. The summed E-state index contributed by atoms with van der Waals surface area (Å²) in [5, 5.41) is 10.7. The minimum atomic E-state index is 0.444. The molecule has 0 N–H and O–H groups in total. The summed E-state index contributed by atoms with van der Waals surface area (Å²) in [6.07, 6.45) is 3.04. The number of hydrogen-bond donors (Lipinski definition) is 0. The summed E-state index contributed by atoms with van der Waals surface area (Å²) in [5.74, 6) is 2.84. The minimum Gasteiger partial charge on any atom is -0.302 e. The number of halogens is 1. The van der Waals surface area contributed by atoms with Gasteiger partial charge in [-0.2, -0.15) is 0 Å². The van der Waals surface area contributed by atoms with Crippen LogP contribution in [0.15, 0.2) is 72.4 Å². The van der Waals surface area contributed by atoms with Gasteiger partial charge in [-0.05, 0) is 29.5 Å². The van der Waals surface area contributed by atoms with E-state index in [0.29, 0.717) is 11.8 Å². The first kappa shape index (κ1) is 17.4. The lowest BCUT2D eigenvalue weighted by atomic mass is 10.1. The fourth-order valence-corrected chi connectivity index (χ4v) is 4.53. The van der Waals surface area contributed by atoms with Gasteiger partial charge in [-0.1, -0.05) is 78.0 Å². The molecule has 1 saturated carbocycles. The van der Waals surface area contributed by atoms with Crippen molar-refractivity contribution in [3.8, 4) is 0 Å². The molecule has 2 atom stereocenters. The smallest absolute Gasteiger partial charge is 0.191 e. The number of aromatic nitrogens is 3. The molecule has 0 bridgehead atoms. The Bertz CT molecular complexity index is 907. The third-order valence-electron chi connectivity index (χ3n) is 4.72. The zero-order chi connectivity index (χ0) is 17.9. The number of rotatable bonds is 7. The summed E-state index contributed by atoms with van der Waals surface area (Å²) >= 11 is 7.95. The Morgan fingerprint density at radius 2 is 1.85 bits per heavy atom. The first-order chi connectivity index (χ1) is 12.8. The standard InChI is InChI=1S/C21H20ClN3S/c1-2-12-25-20(18-13-17(18)15-8-4-3-5-9-15)23-24-21(25)26-14-16-10-6-7-11-19(16)22/h2-11,17-18H,1,12-14H2. The van der Waals surface area contributed by atoms with Gasteiger partial charge in [-0.15, -0.1) is 16.8 Å². The summed E-state index contributed by atoms with van der Waals surface area (Å²) < 4.78 is 2.20. The Hall–Kier alpha value is -2.04. The van der Waals surface area contributed by atoms with E-state index >= 15 is 0 Å². The molecule has 3 nitrogen and oxygen atoms in total. The van der Waals surface area contributed by atoms with Gasteiger partial charge in [0, 0.05) is 23.2 Å². The second-order valence-electron chi connectivity index (χ2n) is 6.48. The molecule has 0 aliphatic heterocycles. The molecule has 1 aliphatic rings. The van der Waals surface area contributed by atoms with Crippen molar-refractivity contribution in [1.29, 1.82) is 0 Å². The summed E-state index contributed by atoms with van der Waals surface area (Å²) in [5.41, 5.74) is 2.50. The van der Waals surface area contributed by atoms with Gasteiger partial charge in [-0.25, -0.2) is 0 Å². The SMILES string of the molecule is C=CCn1c(SCc2ccccc2Cl)nnc1C1CC1c1ccccc1. The minimum absolute atomic E-state index is 0.444. The van der Waals surface area contributed by atoms with E-state index in [-0.39, 0.29) is 0 Å². The Morgan fingerprint density at radius 1 is 1.08 bits per heavy atom. The number of thioether (sulfide) groups is 1. The second-order valence-corrected chi connectivity index (χ2v) is 7.83. The first-order valence-electron chi connectivity index (χ1n) is 8.73. The van der Waals surface area contributed by atoms with Crippen LogP contribution in [0.2, 0.25) is 5.02 Å². The van der Waals surface area contributed by atoms with Gasteiger partial charge >= 0.3 is 0 Å². The molecule has 2 unspecified atom stereocenters. The molecule has 26 heavy (non-hydrogen) atoms. The van der Waals surface area contributed by atoms with E-state index in [1.165, 1.54) is 5.56 Å². The summed E-state index contributed by atoms with van der Waals surface area (Å²) in [6, 6.07) is 18.6. The topological polar surface area (TPSA) is 30.7 Å². The lowest BCUT2D eigenvalue weighted by molar-refractivity contribution is 0.677. The molecule has 0 spiro atoms. The van der Waals surface area contributed by atoms with Crippen molar-refractivity contribution in [2.24, 2.45) is 0 Å². The monoisotopic (exact) mass is 381 g/mol. The van der Waals surface area contributed by atoms with Gasteiger partial charge in [-0.3, -0.25) is 0 Å². The van der Waals surface area contributed by atoms with Crippen LogP contribution in [0, 0.1) is 0 Å². The molecule has 1 fully saturated rings. The van der Waals surface area contributed by atoms with Crippen molar-refractivity contribution in [3.05, 3.63) is 89.2 Å². The molecular formula is C21H20ClN3S. The highest BCUT2D eigenvalue weighted by atomic mass is 35.5. The van der Waals surface area contributed by atoms with Crippen LogP contribution in [-0.2, 0) is 12.3 Å².